The molecule has 0 radical (unpaired) electrons. The van der Waals surface area contributed by atoms with Gasteiger partial charge in [0.2, 0.25) is 0 Å². The van der Waals surface area contributed by atoms with Crippen LogP contribution in [0, 0.1) is 0 Å². The third kappa shape index (κ3) is 2.86. The van der Waals surface area contributed by atoms with Gasteiger partial charge in [-0.25, -0.2) is 9.97 Å². The predicted molar refractivity (Wildman–Crippen MR) is 105 cm³/mol. The minimum Gasteiger partial charge on any atom is -0.464 e. The van der Waals surface area contributed by atoms with Crippen LogP contribution in [-0.4, -0.2) is 15.0 Å². The van der Waals surface area contributed by atoms with Crippen LogP contribution < -0.4 is 10.1 Å². The molecule has 0 atom stereocenters. The van der Waals surface area contributed by atoms with Crippen molar-refractivity contribution in [1.82, 2.24) is 15.0 Å². The first kappa shape index (κ1) is 15.7. The molecule has 0 aliphatic rings. The number of hydrogen-bond donors (Lipinski definition) is 2. The number of H-pyrrole nitrogens is 1. The molecular weight excluding hydrogens is 364 g/mol. The van der Waals surface area contributed by atoms with Crippen LogP contribution in [-0.2, 0) is 0 Å². The summed E-state index contributed by atoms with van der Waals surface area (Å²) in [4.78, 5) is 11.6. The standard InChI is InChI=1S/C20H13ClN4O2/c21-14-10-12(25-20-19-15(6-8-22-19)23-11-24-20)4-5-18(14)27-17-3-1-2-16-13(17)7-9-26-16/h1-11,22H,(H,23,24,25). The van der Waals surface area contributed by atoms with Gasteiger partial charge in [0, 0.05) is 11.9 Å². The van der Waals surface area contributed by atoms with Gasteiger partial charge in [0.1, 0.15) is 28.9 Å². The molecule has 0 amide bonds. The number of halogens is 1. The van der Waals surface area contributed by atoms with Gasteiger partial charge in [0.15, 0.2) is 5.82 Å². The number of aromatic nitrogens is 3. The molecule has 5 aromatic rings. The molecule has 0 saturated heterocycles. The van der Waals surface area contributed by atoms with E-state index >= 15 is 0 Å². The number of rotatable bonds is 4. The zero-order valence-electron chi connectivity index (χ0n) is 13.9. The number of ether oxygens (including phenoxy) is 1. The van der Waals surface area contributed by atoms with Gasteiger partial charge in [0.25, 0.3) is 0 Å². The van der Waals surface area contributed by atoms with E-state index in [1.165, 1.54) is 6.33 Å². The Hall–Kier alpha value is -3.51. The fraction of sp³-hybridized carbons (Fsp3) is 0. The lowest BCUT2D eigenvalue weighted by Gasteiger charge is -2.11. The Morgan fingerprint density at radius 1 is 1.04 bits per heavy atom. The molecule has 0 spiro atoms. The minimum atomic E-state index is 0.484. The monoisotopic (exact) mass is 376 g/mol. The van der Waals surface area contributed by atoms with Crippen LogP contribution in [0.25, 0.3) is 22.0 Å². The van der Waals surface area contributed by atoms with Crippen molar-refractivity contribution in [3.63, 3.8) is 0 Å². The van der Waals surface area contributed by atoms with E-state index in [0.717, 1.165) is 27.7 Å². The van der Waals surface area contributed by atoms with E-state index in [1.807, 2.05) is 48.7 Å². The fourth-order valence-electron chi connectivity index (χ4n) is 2.94. The lowest BCUT2D eigenvalue weighted by Crippen LogP contribution is -1.96. The highest BCUT2D eigenvalue weighted by Crippen LogP contribution is 2.36. The van der Waals surface area contributed by atoms with Crippen LogP contribution >= 0.6 is 11.6 Å². The van der Waals surface area contributed by atoms with E-state index in [2.05, 4.69) is 20.3 Å². The zero-order chi connectivity index (χ0) is 18.2. The highest BCUT2D eigenvalue weighted by Gasteiger charge is 2.10. The summed E-state index contributed by atoms with van der Waals surface area (Å²) < 4.78 is 11.4. The molecule has 3 heterocycles. The van der Waals surface area contributed by atoms with Crippen molar-refractivity contribution < 1.29 is 9.15 Å². The Labute approximate surface area is 158 Å². The normalized spacial score (nSPS) is 11.1. The van der Waals surface area contributed by atoms with Crippen LogP contribution in [0.15, 0.2) is 71.7 Å². The molecule has 2 N–H and O–H groups in total. The van der Waals surface area contributed by atoms with Gasteiger partial charge in [-0.2, -0.15) is 0 Å². The molecule has 0 bridgehead atoms. The number of benzene rings is 2. The van der Waals surface area contributed by atoms with E-state index < -0.39 is 0 Å². The van der Waals surface area contributed by atoms with Crippen LogP contribution in [0.2, 0.25) is 5.02 Å². The van der Waals surface area contributed by atoms with Crippen molar-refractivity contribution in [3.05, 3.63) is 72.3 Å². The number of nitrogens with zero attached hydrogens (tertiary/aromatic N) is 2. The quantitative estimate of drug-likeness (QED) is 0.408. The van der Waals surface area contributed by atoms with Crippen LogP contribution in [0.3, 0.4) is 0 Å². The number of furan rings is 1. The number of anilines is 2. The summed E-state index contributed by atoms with van der Waals surface area (Å²) in [6.07, 6.45) is 4.98. The van der Waals surface area contributed by atoms with Gasteiger partial charge < -0.3 is 19.5 Å². The summed E-state index contributed by atoms with van der Waals surface area (Å²) >= 11 is 6.44. The first-order valence-corrected chi connectivity index (χ1v) is 8.64. The largest absolute Gasteiger partial charge is 0.464 e. The lowest BCUT2D eigenvalue weighted by molar-refractivity contribution is 0.488. The molecule has 2 aromatic carbocycles. The molecule has 3 aromatic heterocycles. The third-order valence-electron chi connectivity index (χ3n) is 4.22. The van der Waals surface area contributed by atoms with Crippen LogP contribution in [0.4, 0.5) is 11.5 Å². The van der Waals surface area contributed by atoms with E-state index in [1.54, 1.807) is 12.3 Å². The highest BCUT2D eigenvalue weighted by molar-refractivity contribution is 6.32. The topological polar surface area (TPSA) is 76.0 Å². The average Bonchev–Trinajstić information content (AvgIpc) is 3.34. The van der Waals surface area contributed by atoms with Gasteiger partial charge >= 0.3 is 0 Å². The molecule has 27 heavy (non-hydrogen) atoms. The SMILES string of the molecule is Clc1cc(Nc2ncnc3cc[nH]c23)ccc1Oc1cccc2occc12. The van der Waals surface area contributed by atoms with Gasteiger partial charge in [0.05, 0.1) is 22.2 Å². The third-order valence-corrected chi connectivity index (χ3v) is 4.51. The van der Waals surface area contributed by atoms with E-state index in [-0.39, 0.29) is 0 Å². The van der Waals surface area contributed by atoms with Gasteiger partial charge in [-0.15, -0.1) is 0 Å². The maximum Gasteiger partial charge on any atom is 0.158 e. The van der Waals surface area contributed by atoms with Crippen molar-refractivity contribution in [2.45, 2.75) is 0 Å². The number of aromatic amines is 1. The molecule has 0 fully saturated rings. The molecule has 0 unspecified atom stereocenters. The van der Waals surface area contributed by atoms with Crippen LogP contribution in [0.5, 0.6) is 11.5 Å². The van der Waals surface area contributed by atoms with E-state index in [9.17, 15) is 0 Å². The van der Waals surface area contributed by atoms with E-state index in [4.69, 9.17) is 20.8 Å². The van der Waals surface area contributed by atoms with Gasteiger partial charge in [-0.3, -0.25) is 0 Å². The Morgan fingerprint density at radius 3 is 2.93 bits per heavy atom. The molecule has 0 aliphatic heterocycles. The smallest absolute Gasteiger partial charge is 0.158 e. The summed E-state index contributed by atoms with van der Waals surface area (Å²) in [6.45, 7) is 0. The predicted octanol–water partition coefficient (Wildman–Crippen LogP) is 5.89. The summed E-state index contributed by atoms with van der Waals surface area (Å²) in [5.41, 5.74) is 3.23. The van der Waals surface area contributed by atoms with Crippen molar-refractivity contribution in [2.75, 3.05) is 5.32 Å². The Kier molecular flexibility index (Phi) is 3.69. The van der Waals surface area contributed by atoms with Crippen molar-refractivity contribution in [1.29, 1.82) is 0 Å². The van der Waals surface area contributed by atoms with E-state index in [0.29, 0.717) is 22.3 Å². The second kappa shape index (κ2) is 6.34. The summed E-state index contributed by atoms with van der Waals surface area (Å²) in [7, 11) is 0. The lowest BCUT2D eigenvalue weighted by atomic mass is 10.2. The first-order chi connectivity index (χ1) is 13.3. The summed E-state index contributed by atoms with van der Waals surface area (Å²) in [6, 6.07) is 14.9. The Bertz CT molecular complexity index is 1260. The molecule has 7 heteroatoms. The minimum absolute atomic E-state index is 0.484. The highest BCUT2D eigenvalue weighted by atomic mass is 35.5. The van der Waals surface area contributed by atoms with Crippen molar-refractivity contribution >= 4 is 45.1 Å². The maximum atomic E-state index is 6.44. The Balaban J connectivity index is 1.44. The molecular formula is C20H13ClN4O2. The number of hydrogen-bond acceptors (Lipinski definition) is 5. The fourth-order valence-corrected chi connectivity index (χ4v) is 3.16. The second-order valence-corrected chi connectivity index (χ2v) is 6.33. The summed E-state index contributed by atoms with van der Waals surface area (Å²) in [5.74, 6) is 1.93. The van der Waals surface area contributed by atoms with Gasteiger partial charge in [-0.05, 0) is 42.5 Å². The zero-order valence-corrected chi connectivity index (χ0v) is 14.7. The van der Waals surface area contributed by atoms with Crippen molar-refractivity contribution in [3.8, 4) is 11.5 Å². The molecule has 0 aliphatic carbocycles. The van der Waals surface area contributed by atoms with Crippen LogP contribution in [0.1, 0.15) is 0 Å². The molecule has 6 nitrogen and oxygen atoms in total. The van der Waals surface area contributed by atoms with Gasteiger partial charge in [-0.1, -0.05) is 17.7 Å². The Morgan fingerprint density at radius 2 is 2.00 bits per heavy atom. The summed E-state index contributed by atoms with van der Waals surface area (Å²) in [5, 5.41) is 4.63. The molecule has 0 saturated carbocycles. The molecule has 132 valence electrons. The molecule has 5 rings (SSSR count). The first-order valence-electron chi connectivity index (χ1n) is 8.27. The second-order valence-electron chi connectivity index (χ2n) is 5.92. The number of nitrogens with one attached hydrogen (secondary N) is 2. The maximum absolute atomic E-state index is 6.44. The average molecular weight is 377 g/mol. The number of fused-ring (bicyclic) bond motifs is 2. The van der Waals surface area contributed by atoms with Crippen molar-refractivity contribution in [2.24, 2.45) is 0 Å².